The van der Waals surface area contributed by atoms with E-state index in [1.54, 1.807) is 31.4 Å². The van der Waals surface area contributed by atoms with E-state index in [1.165, 1.54) is 0 Å². The Balaban J connectivity index is 1.65. The maximum atomic E-state index is 11.9. The molecule has 0 aliphatic heterocycles. The predicted molar refractivity (Wildman–Crippen MR) is 111 cm³/mol. The van der Waals surface area contributed by atoms with Crippen LogP contribution < -0.4 is 14.2 Å². The molecular weight excluding hydrogens is 368 g/mol. The average Bonchev–Trinajstić information content (AvgIpc) is 2.76. The highest BCUT2D eigenvalue weighted by Crippen LogP contribution is 2.28. The summed E-state index contributed by atoms with van der Waals surface area (Å²) in [6.07, 6.45) is 0.331. The fourth-order valence-corrected chi connectivity index (χ4v) is 3.05. The quantitative estimate of drug-likeness (QED) is 0.512. The van der Waals surface area contributed by atoms with E-state index in [9.17, 15) is 9.90 Å². The van der Waals surface area contributed by atoms with Crippen molar-refractivity contribution in [3.8, 4) is 17.2 Å². The number of methoxy groups -OCH3 is 1. The molecule has 150 valence electrons. The molecule has 0 spiro atoms. The number of benzene rings is 3. The molecule has 1 atom stereocenters. The Hall–Kier alpha value is -3.47. The number of para-hydroxylation sites is 2. The number of carbonyl (C=O) groups is 1. The van der Waals surface area contributed by atoms with Gasteiger partial charge in [0.25, 0.3) is 0 Å². The summed E-state index contributed by atoms with van der Waals surface area (Å²) >= 11 is 0. The van der Waals surface area contributed by atoms with Gasteiger partial charge in [0.15, 0.2) is 0 Å². The molecule has 0 amide bonds. The molecule has 3 aromatic carbocycles. The van der Waals surface area contributed by atoms with Crippen LogP contribution in [0.5, 0.6) is 17.2 Å². The summed E-state index contributed by atoms with van der Waals surface area (Å²) in [5.74, 6) is 0.599. The van der Waals surface area contributed by atoms with E-state index >= 15 is 0 Å². The van der Waals surface area contributed by atoms with Gasteiger partial charge in [0.2, 0.25) is 0 Å². The van der Waals surface area contributed by atoms with Gasteiger partial charge in [-0.2, -0.15) is 0 Å². The summed E-state index contributed by atoms with van der Waals surface area (Å²) in [7, 11) is 1.58. The van der Waals surface area contributed by atoms with Gasteiger partial charge in [0.05, 0.1) is 13.0 Å². The highest BCUT2D eigenvalue weighted by atomic mass is 16.5. The molecule has 1 N–H and O–H groups in total. The number of hydrogen-bond donors (Lipinski definition) is 1. The Morgan fingerprint density at radius 3 is 2.17 bits per heavy atom. The van der Waals surface area contributed by atoms with Gasteiger partial charge in [-0.15, -0.1) is 0 Å². The molecule has 0 saturated heterocycles. The van der Waals surface area contributed by atoms with Gasteiger partial charge in [0, 0.05) is 0 Å². The molecule has 0 heterocycles. The summed E-state index contributed by atoms with van der Waals surface area (Å²) in [6.45, 7) is 0.769. The minimum Gasteiger partial charge on any atom is -0.497 e. The third kappa shape index (κ3) is 5.75. The number of hydrogen-bond acceptors (Lipinski definition) is 4. The first-order chi connectivity index (χ1) is 14.2. The summed E-state index contributed by atoms with van der Waals surface area (Å²) in [5, 5.41) is 9.75. The lowest BCUT2D eigenvalue weighted by Gasteiger charge is -2.17. The van der Waals surface area contributed by atoms with Crippen LogP contribution in [0.2, 0.25) is 0 Å². The minimum absolute atomic E-state index is 0.331. The number of ether oxygens (including phenoxy) is 3. The predicted octanol–water partition coefficient (Wildman–Crippen LogP) is 4.56. The standard InChI is InChI=1S/C24H24O5/c1-27-20-13-11-18(12-14-20)22(24(25)26)17-19-7-5-6-10-23(19)29-16-15-28-21-8-3-2-4-9-21/h2-14,22H,15-17H2,1H3,(H,25,26). The largest absolute Gasteiger partial charge is 0.497 e. The van der Waals surface area contributed by atoms with Crippen LogP contribution in [-0.2, 0) is 11.2 Å². The highest BCUT2D eigenvalue weighted by molar-refractivity contribution is 5.76. The molecule has 0 saturated carbocycles. The van der Waals surface area contributed by atoms with Crippen LogP contribution in [0.4, 0.5) is 0 Å². The fourth-order valence-electron chi connectivity index (χ4n) is 3.05. The highest BCUT2D eigenvalue weighted by Gasteiger charge is 2.22. The van der Waals surface area contributed by atoms with Crippen molar-refractivity contribution < 1.29 is 24.1 Å². The monoisotopic (exact) mass is 392 g/mol. The van der Waals surface area contributed by atoms with Crippen molar-refractivity contribution in [1.29, 1.82) is 0 Å². The lowest BCUT2D eigenvalue weighted by atomic mass is 9.91. The molecule has 5 nitrogen and oxygen atoms in total. The number of rotatable bonds is 10. The van der Waals surface area contributed by atoms with Crippen molar-refractivity contribution in [3.05, 3.63) is 90.0 Å². The maximum Gasteiger partial charge on any atom is 0.311 e. The summed E-state index contributed by atoms with van der Waals surface area (Å²) in [6, 6.07) is 24.2. The van der Waals surface area contributed by atoms with E-state index in [0.717, 1.165) is 16.9 Å². The van der Waals surface area contributed by atoms with E-state index in [4.69, 9.17) is 14.2 Å². The van der Waals surface area contributed by atoms with Gasteiger partial charge in [0.1, 0.15) is 30.5 Å². The molecule has 0 bridgehead atoms. The van der Waals surface area contributed by atoms with Crippen molar-refractivity contribution in [3.63, 3.8) is 0 Å². The zero-order valence-corrected chi connectivity index (χ0v) is 16.3. The Morgan fingerprint density at radius 1 is 0.828 bits per heavy atom. The van der Waals surface area contributed by atoms with Crippen LogP contribution in [0, 0.1) is 0 Å². The van der Waals surface area contributed by atoms with Gasteiger partial charge in [-0.05, 0) is 47.9 Å². The molecule has 1 unspecified atom stereocenters. The molecule has 0 aliphatic carbocycles. The third-order valence-corrected chi connectivity index (χ3v) is 4.57. The second-order valence-corrected chi connectivity index (χ2v) is 6.49. The number of carboxylic acid groups (broad SMARTS) is 1. The van der Waals surface area contributed by atoms with E-state index in [2.05, 4.69) is 0 Å². The molecule has 29 heavy (non-hydrogen) atoms. The molecule has 3 rings (SSSR count). The average molecular weight is 392 g/mol. The zero-order valence-electron chi connectivity index (χ0n) is 16.3. The first-order valence-corrected chi connectivity index (χ1v) is 9.42. The Morgan fingerprint density at radius 2 is 1.48 bits per heavy atom. The Kier molecular flexibility index (Phi) is 7.11. The summed E-state index contributed by atoms with van der Waals surface area (Å²) < 4.78 is 16.7. The molecular formula is C24H24O5. The molecule has 0 aromatic heterocycles. The van der Waals surface area contributed by atoms with E-state index < -0.39 is 11.9 Å². The summed E-state index contributed by atoms with van der Waals surface area (Å²) in [4.78, 5) is 11.9. The maximum absolute atomic E-state index is 11.9. The van der Waals surface area contributed by atoms with Crippen molar-refractivity contribution in [2.75, 3.05) is 20.3 Å². The molecule has 0 fully saturated rings. The first-order valence-electron chi connectivity index (χ1n) is 9.42. The second-order valence-electron chi connectivity index (χ2n) is 6.49. The van der Waals surface area contributed by atoms with E-state index in [0.29, 0.717) is 31.1 Å². The summed E-state index contributed by atoms with van der Waals surface area (Å²) in [5.41, 5.74) is 1.57. The number of aliphatic carboxylic acids is 1. The first kappa shape index (κ1) is 20.3. The van der Waals surface area contributed by atoms with Gasteiger partial charge in [-0.1, -0.05) is 48.5 Å². The smallest absolute Gasteiger partial charge is 0.311 e. The van der Waals surface area contributed by atoms with E-state index in [-0.39, 0.29) is 0 Å². The normalized spacial score (nSPS) is 11.5. The van der Waals surface area contributed by atoms with Crippen molar-refractivity contribution >= 4 is 5.97 Å². The van der Waals surface area contributed by atoms with E-state index in [1.807, 2.05) is 54.6 Å². The van der Waals surface area contributed by atoms with Crippen LogP contribution in [-0.4, -0.2) is 31.4 Å². The van der Waals surface area contributed by atoms with Crippen molar-refractivity contribution in [1.82, 2.24) is 0 Å². The molecule has 3 aromatic rings. The van der Waals surface area contributed by atoms with Crippen LogP contribution in [0.15, 0.2) is 78.9 Å². The molecule has 0 aliphatic rings. The zero-order chi connectivity index (χ0) is 20.5. The van der Waals surface area contributed by atoms with Crippen LogP contribution in [0.1, 0.15) is 17.0 Å². The molecule has 0 radical (unpaired) electrons. The lowest BCUT2D eigenvalue weighted by molar-refractivity contribution is -0.138. The topological polar surface area (TPSA) is 65.0 Å². The SMILES string of the molecule is COc1ccc(C(Cc2ccccc2OCCOc2ccccc2)C(=O)O)cc1. The number of carboxylic acids is 1. The van der Waals surface area contributed by atoms with Gasteiger partial charge < -0.3 is 19.3 Å². The van der Waals surface area contributed by atoms with Gasteiger partial charge in [-0.3, -0.25) is 4.79 Å². The molecule has 5 heteroatoms. The lowest BCUT2D eigenvalue weighted by Crippen LogP contribution is -2.16. The third-order valence-electron chi connectivity index (χ3n) is 4.57. The van der Waals surface area contributed by atoms with Gasteiger partial charge in [-0.25, -0.2) is 0 Å². The van der Waals surface area contributed by atoms with Crippen LogP contribution >= 0.6 is 0 Å². The minimum atomic E-state index is -0.877. The van der Waals surface area contributed by atoms with Crippen LogP contribution in [0.3, 0.4) is 0 Å². The Bertz CT molecular complexity index is 906. The van der Waals surface area contributed by atoms with Crippen molar-refractivity contribution in [2.24, 2.45) is 0 Å². The van der Waals surface area contributed by atoms with Crippen LogP contribution in [0.25, 0.3) is 0 Å². The van der Waals surface area contributed by atoms with Gasteiger partial charge >= 0.3 is 5.97 Å². The second kappa shape index (κ2) is 10.2. The Labute approximate surface area is 170 Å². The van der Waals surface area contributed by atoms with Crippen molar-refractivity contribution in [2.45, 2.75) is 12.3 Å². The fraction of sp³-hybridized carbons (Fsp3) is 0.208.